The van der Waals surface area contributed by atoms with Crippen molar-refractivity contribution in [1.82, 2.24) is 0 Å². The number of nitro benzene ring substituents is 1. The highest BCUT2D eigenvalue weighted by atomic mass is 32.1. The van der Waals surface area contributed by atoms with Gasteiger partial charge in [0.15, 0.2) is 18.1 Å². The van der Waals surface area contributed by atoms with Gasteiger partial charge in [0.2, 0.25) is 5.78 Å². The quantitative estimate of drug-likeness (QED) is 0.314. The third-order valence-electron chi connectivity index (χ3n) is 3.59. The summed E-state index contributed by atoms with van der Waals surface area (Å²) in [6.45, 7) is 3.15. The SMILES string of the molecule is COc1cc(C(=O)OCC(=O)c2cc(C)sc2C)c([N+](=O)[O-])cc1OC. The van der Waals surface area contributed by atoms with Gasteiger partial charge in [-0.3, -0.25) is 14.9 Å². The van der Waals surface area contributed by atoms with Crippen LogP contribution in [-0.4, -0.2) is 37.5 Å². The van der Waals surface area contributed by atoms with Crippen LogP contribution in [0.2, 0.25) is 0 Å². The summed E-state index contributed by atoms with van der Waals surface area (Å²) in [7, 11) is 2.66. The molecule has 8 nitrogen and oxygen atoms in total. The molecule has 9 heteroatoms. The Morgan fingerprint density at radius 1 is 1.08 bits per heavy atom. The lowest BCUT2D eigenvalue weighted by Gasteiger charge is -2.10. The zero-order valence-electron chi connectivity index (χ0n) is 14.7. The molecule has 0 radical (unpaired) electrons. The highest BCUT2D eigenvalue weighted by molar-refractivity contribution is 7.12. The van der Waals surface area contributed by atoms with E-state index in [1.54, 1.807) is 13.0 Å². The number of benzene rings is 1. The molecule has 138 valence electrons. The molecule has 1 heterocycles. The summed E-state index contributed by atoms with van der Waals surface area (Å²) in [6.07, 6.45) is 0. The van der Waals surface area contributed by atoms with Gasteiger partial charge in [-0.05, 0) is 19.9 Å². The molecule has 1 aromatic carbocycles. The molecule has 0 aliphatic rings. The van der Waals surface area contributed by atoms with Crippen molar-refractivity contribution >= 4 is 28.8 Å². The van der Waals surface area contributed by atoms with Crippen LogP contribution in [0.25, 0.3) is 0 Å². The lowest BCUT2D eigenvalue weighted by molar-refractivity contribution is -0.385. The van der Waals surface area contributed by atoms with Crippen molar-refractivity contribution in [1.29, 1.82) is 0 Å². The molecule has 26 heavy (non-hydrogen) atoms. The molecule has 1 aromatic heterocycles. The zero-order valence-corrected chi connectivity index (χ0v) is 15.5. The van der Waals surface area contributed by atoms with Gasteiger partial charge in [0.1, 0.15) is 5.56 Å². The number of carbonyl (C=O) groups is 2. The van der Waals surface area contributed by atoms with Crippen LogP contribution in [0.15, 0.2) is 18.2 Å². The Morgan fingerprint density at radius 2 is 1.69 bits per heavy atom. The fraction of sp³-hybridized carbons (Fsp3) is 0.294. The van der Waals surface area contributed by atoms with E-state index in [1.807, 2.05) is 6.92 Å². The Morgan fingerprint density at radius 3 is 2.19 bits per heavy atom. The van der Waals surface area contributed by atoms with Gasteiger partial charge in [0.05, 0.1) is 25.2 Å². The van der Waals surface area contributed by atoms with Crippen molar-refractivity contribution in [2.75, 3.05) is 20.8 Å². The first-order valence-corrected chi connectivity index (χ1v) is 8.27. The third kappa shape index (κ3) is 3.99. The molecule has 0 N–H and O–H groups in total. The average Bonchev–Trinajstić information content (AvgIpc) is 2.96. The maximum absolute atomic E-state index is 12.3. The van der Waals surface area contributed by atoms with Crippen molar-refractivity contribution in [3.63, 3.8) is 0 Å². The molecular weight excluding hydrogens is 362 g/mol. The van der Waals surface area contributed by atoms with Gasteiger partial charge in [-0.2, -0.15) is 0 Å². The lowest BCUT2D eigenvalue weighted by Crippen LogP contribution is -2.15. The molecule has 0 saturated heterocycles. The first-order valence-electron chi connectivity index (χ1n) is 7.46. The number of rotatable bonds is 7. The highest BCUT2D eigenvalue weighted by Crippen LogP contribution is 2.34. The van der Waals surface area contributed by atoms with Crippen LogP contribution in [0.4, 0.5) is 5.69 Å². The van der Waals surface area contributed by atoms with Crippen molar-refractivity contribution in [2.24, 2.45) is 0 Å². The molecule has 0 spiro atoms. The van der Waals surface area contributed by atoms with Crippen molar-refractivity contribution < 1.29 is 28.7 Å². The average molecular weight is 379 g/mol. The van der Waals surface area contributed by atoms with E-state index in [0.717, 1.165) is 21.9 Å². The number of carbonyl (C=O) groups excluding carboxylic acids is 2. The van der Waals surface area contributed by atoms with Crippen LogP contribution in [0.5, 0.6) is 11.5 Å². The number of ketones is 1. The van der Waals surface area contributed by atoms with Crippen LogP contribution in [0.1, 0.15) is 30.5 Å². The molecule has 0 bridgehead atoms. The second kappa shape index (κ2) is 7.96. The van der Waals surface area contributed by atoms with Gasteiger partial charge in [0, 0.05) is 21.4 Å². The van der Waals surface area contributed by atoms with Crippen LogP contribution >= 0.6 is 11.3 Å². The molecule has 2 rings (SSSR count). The number of methoxy groups -OCH3 is 2. The van der Waals surface area contributed by atoms with Gasteiger partial charge >= 0.3 is 5.97 Å². The van der Waals surface area contributed by atoms with Gasteiger partial charge in [-0.25, -0.2) is 4.79 Å². The summed E-state index contributed by atoms with van der Waals surface area (Å²) in [4.78, 5) is 36.8. The molecule has 0 fully saturated rings. The maximum Gasteiger partial charge on any atom is 0.345 e. The van der Waals surface area contributed by atoms with Crippen molar-refractivity contribution in [3.05, 3.63) is 49.2 Å². The Labute approximate surface area is 153 Å². The fourth-order valence-electron chi connectivity index (χ4n) is 2.38. The van der Waals surface area contributed by atoms with E-state index >= 15 is 0 Å². The number of hydrogen-bond acceptors (Lipinski definition) is 8. The molecular formula is C17H17NO7S. The molecule has 0 aliphatic carbocycles. The Bertz CT molecular complexity index is 872. The van der Waals surface area contributed by atoms with Gasteiger partial charge in [-0.1, -0.05) is 0 Å². The number of ether oxygens (including phenoxy) is 3. The summed E-state index contributed by atoms with van der Waals surface area (Å²) in [5.74, 6) is -1.11. The van der Waals surface area contributed by atoms with E-state index in [2.05, 4.69) is 0 Å². The minimum absolute atomic E-state index is 0.108. The molecule has 2 aromatic rings. The zero-order chi connectivity index (χ0) is 19.4. The minimum Gasteiger partial charge on any atom is -0.493 e. The topological polar surface area (TPSA) is 105 Å². The smallest absolute Gasteiger partial charge is 0.345 e. The minimum atomic E-state index is -0.990. The fourth-order valence-corrected chi connectivity index (χ4v) is 3.32. The van der Waals surface area contributed by atoms with Gasteiger partial charge < -0.3 is 14.2 Å². The standard InChI is InChI=1S/C17H17NO7S/c1-9-5-11(10(2)26-9)14(19)8-25-17(20)12-6-15(23-3)16(24-4)7-13(12)18(21)22/h5-7H,8H2,1-4H3. The first kappa shape index (κ1) is 19.4. The van der Waals surface area contributed by atoms with Gasteiger partial charge in [0.25, 0.3) is 5.69 Å². The van der Waals surface area contributed by atoms with Crippen LogP contribution < -0.4 is 9.47 Å². The van der Waals surface area contributed by atoms with E-state index in [0.29, 0.717) is 5.56 Å². The van der Waals surface area contributed by atoms with Crippen LogP contribution in [0, 0.1) is 24.0 Å². The van der Waals surface area contributed by atoms with E-state index in [1.165, 1.54) is 25.6 Å². The van der Waals surface area contributed by atoms with Crippen LogP contribution in [-0.2, 0) is 4.74 Å². The molecule has 0 atom stereocenters. The maximum atomic E-state index is 12.3. The molecule has 0 unspecified atom stereocenters. The number of nitro groups is 1. The Balaban J connectivity index is 2.24. The van der Waals surface area contributed by atoms with Crippen molar-refractivity contribution in [3.8, 4) is 11.5 Å². The van der Waals surface area contributed by atoms with E-state index in [-0.39, 0.29) is 22.8 Å². The summed E-state index contributed by atoms with van der Waals surface area (Å²) >= 11 is 1.46. The summed E-state index contributed by atoms with van der Waals surface area (Å²) < 4.78 is 15.0. The summed E-state index contributed by atoms with van der Waals surface area (Å²) in [5, 5.41) is 11.2. The van der Waals surface area contributed by atoms with E-state index in [9.17, 15) is 19.7 Å². The number of Topliss-reactive ketones (excluding diaryl/α,β-unsaturated/α-hetero) is 1. The second-order valence-corrected chi connectivity index (χ2v) is 6.77. The number of nitrogens with zero attached hydrogens (tertiary/aromatic N) is 1. The van der Waals surface area contributed by atoms with E-state index < -0.39 is 23.2 Å². The Hall–Kier alpha value is -2.94. The lowest BCUT2D eigenvalue weighted by atomic mass is 10.1. The number of aryl methyl sites for hydroxylation is 2. The first-order chi connectivity index (χ1) is 12.3. The normalized spacial score (nSPS) is 10.3. The molecule has 0 aliphatic heterocycles. The Kier molecular flexibility index (Phi) is 5.93. The largest absolute Gasteiger partial charge is 0.493 e. The number of thiophene rings is 1. The molecule has 0 saturated carbocycles. The third-order valence-corrected chi connectivity index (χ3v) is 4.56. The van der Waals surface area contributed by atoms with Crippen molar-refractivity contribution in [2.45, 2.75) is 13.8 Å². The highest BCUT2D eigenvalue weighted by Gasteiger charge is 2.26. The number of hydrogen-bond donors (Lipinski definition) is 0. The van der Waals surface area contributed by atoms with Crippen LogP contribution in [0.3, 0.4) is 0 Å². The summed E-state index contributed by atoms with van der Waals surface area (Å²) in [6, 6.07) is 3.95. The number of esters is 1. The predicted octanol–water partition coefficient (Wildman–Crippen LogP) is 3.33. The second-order valence-electron chi connectivity index (χ2n) is 5.31. The summed E-state index contributed by atoms with van der Waals surface area (Å²) in [5.41, 5.74) is -0.344. The van der Waals surface area contributed by atoms with E-state index in [4.69, 9.17) is 14.2 Å². The monoisotopic (exact) mass is 379 g/mol. The predicted molar refractivity (Wildman–Crippen MR) is 94.6 cm³/mol. The van der Waals surface area contributed by atoms with Gasteiger partial charge in [-0.15, -0.1) is 11.3 Å². The molecule has 0 amide bonds.